The first kappa shape index (κ1) is 17.6. The van der Waals surface area contributed by atoms with Gasteiger partial charge >= 0.3 is 0 Å². The number of nitrogens with zero attached hydrogens (tertiary/aromatic N) is 1. The van der Waals surface area contributed by atoms with Crippen LogP contribution in [-0.2, 0) is 4.79 Å². The van der Waals surface area contributed by atoms with Gasteiger partial charge in [-0.15, -0.1) is 17.9 Å². The van der Waals surface area contributed by atoms with Crippen molar-refractivity contribution in [2.24, 2.45) is 0 Å². The smallest absolute Gasteiger partial charge is 0.248 e. The Morgan fingerprint density at radius 1 is 1.12 bits per heavy atom. The first-order valence-electron chi connectivity index (χ1n) is 8.19. The second kappa shape index (κ2) is 8.78. The lowest BCUT2D eigenvalue weighted by atomic mass is 10.1. The van der Waals surface area contributed by atoms with Gasteiger partial charge in [0.2, 0.25) is 5.91 Å². The van der Waals surface area contributed by atoms with E-state index >= 15 is 0 Å². The van der Waals surface area contributed by atoms with Gasteiger partial charge in [-0.1, -0.05) is 48.5 Å². The summed E-state index contributed by atoms with van der Waals surface area (Å²) in [6.45, 7) is 4.37. The van der Waals surface area contributed by atoms with Gasteiger partial charge in [0.25, 0.3) is 0 Å². The van der Waals surface area contributed by atoms with E-state index in [9.17, 15) is 4.79 Å². The van der Waals surface area contributed by atoms with Gasteiger partial charge in [-0.05, 0) is 23.8 Å². The zero-order valence-electron chi connectivity index (χ0n) is 14.2. The molecule has 1 heterocycles. The molecule has 0 aliphatic rings. The summed E-state index contributed by atoms with van der Waals surface area (Å²) in [6, 6.07) is 17.4. The molecule has 2 aromatic carbocycles. The Kier molecular flexibility index (Phi) is 5.96. The largest absolute Gasteiger partial charge is 0.358 e. The number of nitrogens with one attached hydrogen (secondary N) is 2. The van der Waals surface area contributed by atoms with E-state index in [2.05, 4.69) is 22.2 Å². The SMILES string of the molecule is C=CCNc1nc(-c2ccc(NC(=O)C=Cc3ccccc3)cc2)cs1. The molecule has 3 rings (SSSR count). The number of carbonyl (C=O) groups is 1. The number of aromatic nitrogens is 1. The maximum Gasteiger partial charge on any atom is 0.248 e. The van der Waals surface area contributed by atoms with E-state index < -0.39 is 0 Å². The van der Waals surface area contributed by atoms with Crippen LogP contribution in [0, 0.1) is 0 Å². The molecule has 1 amide bonds. The van der Waals surface area contributed by atoms with E-state index in [0.29, 0.717) is 6.54 Å². The van der Waals surface area contributed by atoms with E-state index in [-0.39, 0.29) is 5.91 Å². The molecule has 0 saturated carbocycles. The van der Waals surface area contributed by atoms with Gasteiger partial charge in [-0.25, -0.2) is 4.98 Å². The molecule has 5 heteroatoms. The van der Waals surface area contributed by atoms with Gasteiger partial charge in [-0.3, -0.25) is 4.79 Å². The predicted octanol–water partition coefficient (Wildman–Crippen LogP) is 5.06. The molecule has 0 fully saturated rings. The van der Waals surface area contributed by atoms with E-state index in [1.54, 1.807) is 23.5 Å². The number of thiazole rings is 1. The van der Waals surface area contributed by atoms with Crippen LogP contribution in [0.5, 0.6) is 0 Å². The van der Waals surface area contributed by atoms with Crippen LogP contribution in [0.25, 0.3) is 17.3 Å². The number of hydrogen-bond acceptors (Lipinski definition) is 4. The maximum absolute atomic E-state index is 12.0. The molecule has 0 aliphatic heterocycles. The zero-order chi connectivity index (χ0) is 18.2. The van der Waals surface area contributed by atoms with Crippen molar-refractivity contribution in [2.45, 2.75) is 0 Å². The van der Waals surface area contributed by atoms with Gasteiger partial charge in [0.05, 0.1) is 5.69 Å². The van der Waals surface area contributed by atoms with Crippen molar-refractivity contribution < 1.29 is 4.79 Å². The molecule has 0 radical (unpaired) electrons. The first-order valence-corrected chi connectivity index (χ1v) is 9.07. The number of rotatable bonds is 7. The molecule has 3 aromatic rings. The van der Waals surface area contributed by atoms with Crippen molar-refractivity contribution in [1.29, 1.82) is 0 Å². The summed E-state index contributed by atoms with van der Waals surface area (Å²) in [6.07, 6.45) is 5.11. The fourth-order valence-corrected chi connectivity index (χ4v) is 3.02. The Morgan fingerprint density at radius 3 is 2.62 bits per heavy atom. The zero-order valence-corrected chi connectivity index (χ0v) is 15.0. The quantitative estimate of drug-likeness (QED) is 0.457. The van der Waals surface area contributed by atoms with E-state index in [4.69, 9.17) is 0 Å². The minimum absolute atomic E-state index is 0.161. The van der Waals surface area contributed by atoms with Crippen LogP contribution >= 0.6 is 11.3 Å². The Hall–Kier alpha value is -3.18. The summed E-state index contributed by atoms with van der Waals surface area (Å²) < 4.78 is 0. The number of hydrogen-bond donors (Lipinski definition) is 2. The molecule has 130 valence electrons. The average Bonchev–Trinajstić information content (AvgIpc) is 3.15. The minimum atomic E-state index is -0.161. The molecule has 0 bridgehead atoms. The monoisotopic (exact) mass is 361 g/mol. The third-order valence-electron chi connectivity index (χ3n) is 3.58. The van der Waals surface area contributed by atoms with Gasteiger partial charge < -0.3 is 10.6 Å². The average molecular weight is 361 g/mol. The van der Waals surface area contributed by atoms with Gasteiger partial charge in [0.1, 0.15) is 0 Å². The van der Waals surface area contributed by atoms with Crippen LogP contribution in [-0.4, -0.2) is 17.4 Å². The lowest BCUT2D eigenvalue weighted by Crippen LogP contribution is -2.07. The molecule has 26 heavy (non-hydrogen) atoms. The third kappa shape index (κ3) is 4.91. The van der Waals surface area contributed by atoms with Crippen LogP contribution in [0.1, 0.15) is 5.56 Å². The Bertz CT molecular complexity index is 899. The summed E-state index contributed by atoms with van der Waals surface area (Å²) >= 11 is 1.55. The second-order valence-electron chi connectivity index (χ2n) is 5.52. The number of benzene rings is 2. The molecule has 0 saturated heterocycles. The van der Waals surface area contributed by atoms with Crippen molar-refractivity contribution in [2.75, 3.05) is 17.2 Å². The molecule has 0 unspecified atom stereocenters. The number of anilines is 2. The fraction of sp³-hybridized carbons (Fsp3) is 0.0476. The highest BCUT2D eigenvalue weighted by Gasteiger charge is 2.05. The highest BCUT2D eigenvalue weighted by Crippen LogP contribution is 2.25. The van der Waals surface area contributed by atoms with Crippen LogP contribution < -0.4 is 10.6 Å². The Labute approximate surface area is 156 Å². The van der Waals surface area contributed by atoms with Gasteiger partial charge in [-0.2, -0.15) is 0 Å². The topological polar surface area (TPSA) is 54.0 Å². The maximum atomic E-state index is 12.0. The molecular weight excluding hydrogens is 342 g/mol. The Morgan fingerprint density at radius 2 is 1.88 bits per heavy atom. The standard InChI is InChI=1S/C21H19N3OS/c1-2-14-22-21-24-19(15-26-21)17-9-11-18(12-10-17)23-20(25)13-8-16-6-4-3-5-7-16/h2-13,15H,1,14H2,(H,22,24)(H,23,25). The van der Waals surface area contributed by atoms with Crippen molar-refractivity contribution in [3.05, 3.63) is 84.3 Å². The summed E-state index contributed by atoms with van der Waals surface area (Å²) in [5, 5.41) is 8.90. The van der Waals surface area contributed by atoms with Gasteiger partial charge in [0.15, 0.2) is 5.13 Å². The highest BCUT2D eigenvalue weighted by molar-refractivity contribution is 7.14. The van der Waals surface area contributed by atoms with Crippen LogP contribution in [0.3, 0.4) is 0 Å². The molecule has 2 N–H and O–H groups in total. The van der Waals surface area contributed by atoms with E-state index in [0.717, 1.165) is 27.6 Å². The first-order chi connectivity index (χ1) is 12.7. The van der Waals surface area contributed by atoms with Crippen LogP contribution in [0.15, 0.2) is 78.7 Å². The Balaban J connectivity index is 1.60. The van der Waals surface area contributed by atoms with Crippen molar-refractivity contribution in [3.63, 3.8) is 0 Å². The summed E-state index contributed by atoms with van der Waals surface area (Å²) in [5.74, 6) is -0.161. The van der Waals surface area contributed by atoms with Crippen molar-refractivity contribution >= 4 is 34.1 Å². The summed E-state index contributed by atoms with van der Waals surface area (Å²) in [4.78, 5) is 16.6. The minimum Gasteiger partial charge on any atom is -0.358 e. The molecular formula is C21H19N3OS. The summed E-state index contributed by atoms with van der Waals surface area (Å²) in [7, 11) is 0. The lowest BCUT2D eigenvalue weighted by molar-refractivity contribution is -0.111. The number of carbonyl (C=O) groups excluding carboxylic acids is 1. The third-order valence-corrected chi connectivity index (χ3v) is 4.38. The molecule has 4 nitrogen and oxygen atoms in total. The molecule has 0 spiro atoms. The van der Waals surface area contributed by atoms with Crippen molar-refractivity contribution in [1.82, 2.24) is 4.98 Å². The van der Waals surface area contributed by atoms with E-state index in [1.165, 1.54) is 6.08 Å². The highest BCUT2D eigenvalue weighted by atomic mass is 32.1. The van der Waals surface area contributed by atoms with Crippen LogP contribution in [0.2, 0.25) is 0 Å². The van der Waals surface area contributed by atoms with Crippen molar-refractivity contribution in [3.8, 4) is 11.3 Å². The number of amides is 1. The lowest BCUT2D eigenvalue weighted by Gasteiger charge is -2.03. The van der Waals surface area contributed by atoms with Crippen LogP contribution in [0.4, 0.5) is 10.8 Å². The second-order valence-corrected chi connectivity index (χ2v) is 6.38. The predicted molar refractivity (Wildman–Crippen MR) is 110 cm³/mol. The fourth-order valence-electron chi connectivity index (χ4n) is 2.29. The normalized spacial score (nSPS) is 10.6. The van der Waals surface area contributed by atoms with E-state index in [1.807, 2.05) is 60.0 Å². The van der Waals surface area contributed by atoms with Gasteiger partial charge in [0, 0.05) is 29.3 Å². The molecule has 0 aliphatic carbocycles. The molecule has 1 aromatic heterocycles. The summed E-state index contributed by atoms with van der Waals surface area (Å²) in [5.41, 5.74) is 3.65. The molecule has 0 atom stereocenters.